The second-order valence-corrected chi connectivity index (χ2v) is 7.90. The van der Waals surface area contributed by atoms with Gasteiger partial charge < -0.3 is 4.90 Å². The summed E-state index contributed by atoms with van der Waals surface area (Å²) in [6.45, 7) is 8.86. The van der Waals surface area contributed by atoms with Crippen molar-refractivity contribution >= 4 is 5.91 Å². The summed E-state index contributed by atoms with van der Waals surface area (Å²) in [5.41, 5.74) is 1.23. The molecule has 2 atom stereocenters. The topological polar surface area (TPSA) is 20.3 Å². The lowest BCUT2D eigenvalue weighted by Crippen LogP contribution is -2.50. The first-order valence-electron chi connectivity index (χ1n) is 8.28. The SMILES string of the molecule is CC(C)(C)[C@@H]1CCN2CCC[C@@](c3ccccc3)(C1)C2=O. The fraction of sp³-hybridized carbons (Fsp3) is 0.632. The fourth-order valence-corrected chi connectivity index (χ4v) is 4.20. The number of rotatable bonds is 1. The van der Waals surface area contributed by atoms with Crippen molar-refractivity contribution in [3.8, 4) is 0 Å². The van der Waals surface area contributed by atoms with Crippen molar-refractivity contribution in [2.24, 2.45) is 11.3 Å². The van der Waals surface area contributed by atoms with Crippen molar-refractivity contribution in [3.63, 3.8) is 0 Å². The molecule has 0 unspecified atom stereocenters. The number of hydrogen-bond donors (Lipinski definition) is 0. The van der Waals surface area contributed by atoms with Crippen LogP contribution in [0.4, 0.5) is 0 Å². The molecule has 0 radical (unpaired) electrons. The van der Waals surface area contributed by atoms with Crippen molar-refractivity contribution in [2.75, 3.05) is 13.1 Å². The third-order valence-corrected chi connectivity index (χ3v) is 5.62. The molecule has 1 aromatic carbocycles. The second kappa shape index (κ2) is 5.15. The lowest BCUT2D eigenvalue weighted by atomic mass is 9.64. The van der Waals surface area contributed by atoms with Gasteiger partial charge in [-0.2, -0.15) is 0 Å². The van der Waals surface area contributed by atoms with Gasteiger partial charge in [0.15, 0.2) is 0 Å². The highest BCUT2D eigenvalue weighted by Gasteiger charge is 2.49. The first-order valence-corrected chi connectivity index (χ1v) is 8.28. The Kier molecular flexibility index (Phi) is 3.59. The molecule has 0 spiro atoms. The number of carbonyl (C=O) groups excluding carboxylic acids is 1. The standard InChI is InChI=1S/C19H27NO/c1-18(2,3)16-10-13-20-12-7-11-19(14-16,17(20)21)15-8-5-4-6-9-15/h4-6,8-9,16H,7,10-14H2,1-3H3/t16-,19+/m1/s1. The van der Waals surface area contributed by atoms with Gasteiger partial charge in [0, 0.05) is 13.1 Å². The summed E-state index contributed by atoms with van der Waals surface area (Å²) in [6.07, 6.45) is 4.30. The highest BCUT2D eigenvalue weighted by molar-refractivity contribution is 5.89. The van der Waals surface area contributed by atoms with Crippen LogP contribution in [-0.4, -0.2) is 23.9 Å². The number of hydrogen-bond acceptors (Lipinski definition) is 1. The number of nitrogens with zero attached hydrogens (tertiary/aromatic N) is 1. The zero-order valence-corrected chi connectivity index (χ0v) is 13.6. The fourth-order valence-electron chi connectivity index (χ4n) is 4.20. The van der Waals surface area contributed by atoms with Crippen molar-refractivity contribution in [3.05, 3.63) is 35.9 Å². The van der Waals surface area contributed by atoms with E-state index in [1.807, 2.05) is 6.07 Å². The summed E-state index contributed by atoms with van der Waals surface area (Å²) in [4.78, 5) is 15.3. The molecule has 114 valence electrons. The smallest absolute Gasteiger partial charge is 0.233 e. The van der Waals surface area contributed by atoms with Crippen LogP contribution in [0.3, 0.4) is 0 Å². The summed E-state index contributed by atoms with van der Waals surface area (Å²) in [5, 5.41) is 0. The molecule has 1 amide bonds. The van der Waals surface area contributed by atoms with Crippen LogP contribution in [0.25, 0.3) is 0 Å². The van der Waals surface area contributed by atoms with Gasteiger partial charge >= 0.3 is 0 Å². The molecule has 0 saturated carbocycles. The maximum Gasteiger partial charge on any atom is 0.233 e. The molecule has 2 heteroatoms. The molecule has 2 fully saturated rings. The molecule has 3 rings (SSSR count). The Morgan fingerprint density at radius 3 is 2.52 bits per heavy atom. The van der Waals surface area contributed by atoms with Gasteiger partial charge in [0.25, 0.3) is 0 Å². The van der Waals surface area contributed by atoms with Crippen molar-refractivity contribution in [2.45, 2.75) is 51.9 Å². The van der Waals surface area contributed by atoms with E-state index >= 15 is 0 Å². The summed E-state index contributed by atoms with van der Waals surface area (Å²) in [7, 11) is 0. The van der Waals surface area contributed by atoms with Crippen LogP contribution in [-0.2, 0) is 10.2 Å². The molecular weight excluding hydrogens is 258 g/mol. The molecule has 2 aliphatic heterocycles. The zero-order valence-electron chi connectivity index (χ0n) is 13.6. The van der Waals surface area contributed by atoms with Crippen molar-refractivity contribution in [1.29, 1.82) is 0 Å². The van der Waals surface area contributed by atoms with Gasteiger partial charge in [-0.15, -0.1) is 0 Å². The van der Waals surface area contributed by atoms with Crippen LogP contribution < -0.4 is 0 Å². The zero-order chi connectivity index (χ0) is 15.1. The number of fused-ring (bicyclic) bond motifs is 2. The summed E-state index contributed by atoms with van der Waals surface area (Å²) in [5.74, 6) is 0.983. The molecule has 21 heavy (non-hydrogen) atoms. The van der Waals surface area contributed by atoms with E-state index in [-0.39, 0.29) is 10.8 Å². The summed E-state index contributed by atoms with van der Waals surface area (Å²) < 4.78 is 0. The van der Waals surface area contributed by atoms with E-state index in [2.05, 4.69) is 49.9 Å². The van der Waals surface area contributed by atoms with E-state index in [1.54, 1.807) is 0 Å². The maximum atomic E-state index is 13.1. The Bertz CT molecular complexity index is 516. The minimum absolute atomic E-state index is 0.265. The second-order valence-electron chi connectivity index (χ2n) is 7.90. The van der Waals surface area contributed by atoms with Crippen LogP contribution in [0.1, 0.15) is 52.0 Å². The molecule has 2 aliphatic rings. The highest BCUT2D eigenvalue weighted by atomic mass is 16.2. The van der Waals surface area contributed by atoms with Crippen molar-refractivity contribution in [1.82, 2.24) is 4.90 Å². The van der Waals surface area contributed by atoms with Gasteiger partial charge in [0.1, 0.15) is 0 Å². The lowest BCUT2D eigenvalue weighted by molar-refractivity contribution is -0.140. The quantitative estimate of drug-likeness (QED) is 0.763. The van der Waals surface area contributed by atoms with Crippen LogP contribution in [0.15, 0.2) is 30.3 Å². The summed E-state index contributed by atoms with van der Waals surface area (Å²) >= 11 is 0. The maximum absolute atomic E-state index is 13.1. The molecule has 0 N–H and O–H groups in total. The minimum atomic E-state index is -0.270. The minimum Gasteiger partial charge on any atom is -0.342 e. The van der Waals surface area contributed by atoms with E-state index in [4.69, 9.17) is 0 Å². The number of carbonyl (C=O) groups is 1. The van der Waals surface area contributed by atoms with Crippen LogP contribution in [0.2, 0.25) is 0 Å². The highest BCUT2D eigenvalue weighted by Crippen LogP contribution is 2.47. The van der Waals surface area contributed by atoms with Gasteiger partial charge in [0.2, 0.25) is 5.91 Å². The average Bonchev–Trinajstić information content (AvgIpc) is 2.54. The third-order valence-electron chi connectivity index (χ3n) is 5.62. The molecule has 2 saturated heterocycles. The lowest BCUT2D eigenvalue weighted by Gasteiger charge is -2.42. The number of benzene rings is 1. The Labute approximate surface area is 128 Å². The molecule has 1 aromatic rings. The van der Waals surface area contributed by atoms with Gasteiger partial charge in [-0.1, -0.05) is 51.1 Å². The monoisotopic (exact) mass is 285 g/mol. The third kappa shape index (κ3) is 2.49. The van der Waals surface area contributed by atoms with Crippen LogP contribution in [0, 0.1) is 11.3 Å². The largest absolute Gasteiger partial charge is 0.342 e. The normalized spacial score (nSPS) is 30.1. The Balaban J connectivity index is 2.06. The molecule has 0 aliphatic carbocycles. The van der Waals surface area contributed by atoms with E-state index in [0.717, 1.165) is 38.8 Å². The molecular formula is C19H27NO. The van der Waals surface area contributed by atoms with Gasteiger partial charge in [-0.25, -0.2) is 0 Å². The Morgan fingerprint density at radius 1 is 1.14 bits per heavy atom. The van der Waals surface area contributed by atoms with Gasteiger partial charge in [0.05, 0.1) is 5.41 Å². The van der Waals surface area contributed by atoms with E-state index in [9.17, 15) is 4.79 Å². The molecule has 0 aromatic heterocycles. The van der Waals surface area contributed by atoms with Gasteiger partial charge in [-0.05, 0) is 42.6 Å². The Morgan fingerprint density at radius 2 is 1.86 bits per heavy atom. The first-order chi connectivity index (χ1) is 9.93. The van der Waals surface area contributed by atoms with Crippen molar-refractivity contribution < 1.29 is 4.79 Å². The van der Waals surface area contributed by atoms with E-state index in [0.29, 0.717) is 11.8 Å². The van der Waals surface area contributed by atoms with Gasteiger partial charge in [-0.3, -0.25) is 4.79 Å². The van der Waals surface area contributed by atoms with E-state index in [1.165, 1.54) is 5.56 Å². The predicted octanol–water partition coefficient (Wildman–Crippen LogP) is 4.00. The van der Waals surface area contributed by atoms with Crippen LogP contribution in [0.5, 0.6) is 0 Å². The van der Waals surface area contributed by atoms with Crippen LogP contribution >= 0.6 is 0 Å². The molecule has 2 nitrogen and oxygen atoms in total. The number of piperidine rings is 1. The molecule has 2 bridgehead atoms. The number of amides is 1. The van der Waals surface area contributed by atoms with E-state index < -0.39 is 0 Å². The summed E-state index contributed by atoms with van der Waals surface area (Å²) in [6, 6.07) is 10.5. The average molecular weight is 285 g/mol. The Hall–Kier alpha value is -1.31. The first kappa shape index (κ1) is 14.6. The molecule has 2 heterocycles. The predicted molar refractivity (Wildman–Crippen MR) is 86.1 cm³/mol.